The van der Waals surface area contributed by atoms with Crippen molar-refractivity contribution in [3.8, 4) is 22.6 Å². The highest BCUT2D eigenvalue weighted by molar-refractivity contribution is 5.62. The van der Waals surface area contributed by atoms with E-state index in [9.17, 15) is 4.39 Å². The summed E-state index contributed by atoms with van der Waals surface area (Å²) in [5.74, 6) is 0.472. The summed E-state index contributed by atoms with van der Waals surface area (Å²) in [5, 5.41) is 7.19. The highest BCUT2D eigenvalue weighted by Gasteiger charge is 2.20. The van der Waals surface area contributed by atoms with Gasteiger partial charge in [-0.25, -0.2) is 14.4 Å². The Hall–Kier alpha value is -3.58. The number of nitrogens with two attached hydrogens (primary N) is 1. The summed E-state index contributed by atoms with van der Waals surface area (Å²) in [6.07, 6.45) is 4.59. The van der Waals surface area contributed by atoms with E-state index in [0.717, 1.165) is 71.2 Å². The number of anilines is 1. The summed E-state index contributed by atoms with van der Waals surface area (Å²) in [6, 6.07) is 14.2. The molecule has 1 aliphatic heterocycles. The molecular formula is C23H21FN6. The normalized spacial score (nSPS) is 13.9. The van der Waals surface area contributed by atoms with Gasteiger partial charge < -0.3 is 5.73 Å². The summed E-state index contributed by atoms with van der Waals surface area (Å²) in [7, 11) is 0. The van der Waals surface area contributed by atoms with Crippen LogP contribution in [0.4, 0.5) is 10.1 Å². The minimum Gasteiger partial charge on any atom is -0.399 e. The van der Waals surface area contributed by atoms with Crippen LogP contribution >= 0.6 is 0 Å². The Morgan fingerprint density at radius 2 is 1.93 bits per heavy atom. The standard InChI is InChI=1S/C23H21FN6/c24-19-3-1-2-16(10-19)22-18(12-27-29-22)14-30-9-8-21-17(13-30)11-26-23(28-21)15-4-6-20(25)7-5-15/h1-7,10-12H,8-9,13-14,25H2,(H,27,29). The van der Waals surface area contributed by atoms with Crippen molar-refractivity contribution in [2.45, 2.75) is 19.5 Å². The molecule has 3 N–H and O–H groups in total. The summed E-state index contributed by atoms with van der Waals surface area (Å²) in [6.45, 7) is 2.38. The zero-order valence-corrected chi connectivity index (χ0v) is 16.3. The molecule has 4 aromatic rings. The maximum Gasteiger partial charge on any atom is 0.159 e. The number of benzene rings is 2. The molecular weight excluding hydrogens is 379 g/mol. The van der Waals surface area contributed by atoms with Crippen LogP contribution < -0.4 is 5.73 Å². The highest BCUT2D eigenvalue weighted by Crippen LogP contribution is 2.26. The molecule has 1 aliphatic rings. The zero-order chi connectivity index (χ0) is 20.5. The summed E-state index contributed by atoms with van der Waals surface area (Å²) >= 11 is 0. The van der Waals surface area contributed by atoms with Crippen molar-refractivity contribution in [3.63, 3.8) is 0 Å². The van der Waals surface area contributed by atoms with Gasteiger partial charge in [0.15, 0.2) is 5.82 Å². The molecule has 2 aromatic heterocycles. The van der Waals surface area contributed by atoms with E-state index in [2.05, 4.69) is 20.1 Å². The van der Waals surface area contributed by atoms with Gasteiger partial charge in [-0.05, 0) is 36.4 Å². The minimum atomic E-state index is -0.256. The quantitative estimate of drug-likeness (QED) is 0.509. The molecule has 0 aliphatic carbocycles. The van der Waals surface area contributed by atoms with Gasteiger partial charge in [-0.2, -0.15) is 5.10 Å². The van der Waals surface area contributed by atoms with Crippen LogP contribution in [-0.4, -0.2) is 31.6 Å². The smallest absolute Gasteiger partial charge is 0.159 e. The van der Waals surface area contributed by atoms with Gasteiger partial charge in [-0.1, -0.05) is 12.1 Å². The van der Waals surface area contributed by atoms with Crippen LogP contribution in [0.1, 0.15) is 16.8 Å². The fourth-order valence-electron chi connectivity index (χ4n) is 3.85. The van der Waals surface area contributed by atoms with Crippen molar-refractivity contribution >= 4 is 5.69 Å². The Bertz CT molecular complexity index is 1180. The molecule has 0 unspecified atom stereocenters. The van der Waals surface area contributed by atoms with E-state index < -0.39 is 0 Å². The second-order valence-electron chi connectivity index (χ2n) is 7.53. The van der Waals surface area contributed by atoms with E-state index in [0.29, 0.717) is 0 Å². The number of nitrogens with zero attached hydrogens (tertiary/aromatic N) is 4. The van der Waals surface area contributed by atoms with Crippen molar-refractivity contribution in [1.29, 1.82) is 0 Å². The first kappa shape index (κ1) is 18.4. The van der Waals surface area contributed by atoms with Gasteiger partial charge in [0, 0.05) is 60.2 Å². The topological polar surface area (TPSA) is 83.7 Å². The number of hydrogen-bond acceptors (Lipinski definition) is 5. The number of fused-ring (bicyclic) bond motifs is 1. The summed E-state index contributed by atoms with van der Waals surface area (Å²) in [5.41, 5.74) is 12.4. The Morgan fingerprint density at radius 3 is 2.77 bits per heavy atom. The van der Waals surface area contributed by atoms with Gasteiger partial charge in [0.1, 0.15) is 5.82 Å². The molecule has 0 fully saturated rings. The predicted octanol–water partition coefficient (Wildman–Crippen LogP) is 3.81. The third kappa shape index (κ3) is 3.67. The molecule has 0 saturated carbocycles. The molecule has 150 valence electrons. The number of H-pyrrole nitrogens is 1. The van der Waals surface area contributed by atoms with Gasteiger partial charge in [0.2, 0.25) is 0 Å². The first-order valence-electron chi connectivity index (χ1n) is 9.87. The zero-order valence-electron chi connectivity index (χ0n) is 16.3. The molecule has 3 heterocycles. The van der Waals surface area contributed by atoms with Gasteiger partial charge in [0.05, 0.1) is 17.6 Å². The van der Waals surface area contributed by atoms with E-state index in [1.807, 2.05) is 42.7 Å². The fraction of sp³-hybridized carbons (Fsp3) is 0.174. The number of nitrogens with one attached hydrogen (secondary N) is 1. The molecule has 0 bridgehead atoms. The molecule has 7 heteroatoms. The van der Waals surface area contributed by atoms with E-state index in [1.54, 1.807) is 6.07 Å². The van der Waals surface area contributed by atoms with E-state index in [4.69, 9.17) is 10.7 Å². The molecule has 5 rings (SSSR count). The Labute approximate surface area is 173 Å². The predicted molar refractivity (Wildman–Crippen MR) is 114 cm³/mol. The Morgan fingerprint density at radius 1 is 1.07 bits per heavy atom. The summed E-state index contributed by atoms with van der Waals surface area (Å²) < 4.78 is 13.6. The molecule has 0 spiro atoms. The van der Waals surface area contributed by atoms with Crippen LogP contribution in [0.2, 0.25) is 0 Å². The van der Waals surface area contributed by atoms with Crippen LogP contribution in [0.25, 0.3) is 22.6 Å². The molecule has 30 heavy (non-hydrogen) atoms. The van der Waals surface area contributed by atoms with Gasteiger partial charge in [-0.3, -0.25) is 10.00 Å². The van der Waals surface area contributed by atoms with Gasteiger partial charge in [-0.15, -0.1) is 0 Å². The Kier molecular flexibility index (Phi) is 4.72. The maximum atomic E-state index is 13.6. The summed E-state index contributed by atoms with van der Waals surface area (Å²) in [4.78, 5) is 11.7. The molecule has 0 amide bonds. The first-order chi connectivity index (χ1) is 14.7. The largest absolute Gasteiger partial charge is 0.399 e. The maximum absolute atomic E-state index is 13.6. The lowest BCUT2D eigenvalue weighted by Crippen LogP contribution is -2.31. The molecule has 0 saturated heterocycles. The fourth-order valence-corrected chi connectivity index (χ4v) is 3.85. The number of aromatic amines is 1. The lowest BCUT2D eigenvalue weighted by Gasteiger charge is -2.28. The van der Waals surface area contributed by atoms with Gasteiger partial charge >= 0.3 is 0 Å². The lowest BCUT2D eigenvalue weighted by molar-refractivity contribution is 0.243. The number of halogens is 1. The van der Waals surface area contributed by atoms with E-state index >= 15 is 0 Å². The SMILES string of the molecule is Nc1ccc(-c2ncc3c(n2)CCN(Cc2cn[nH]c2-c2cccc(F)c2)C3)cc1. The third-order valence-electron chi connectivity index (χ3n) is 5.41. The van der Waals surface area contributed by atoms with Crippen molar-refractivity contribution in [2.75, 3.05) is 12.3 Å². The highest BCUT2D eigenvalue weighted by atomic mass is 19.1. The second kappa shape index (κ2) is 7.68. The lowest BCUT2D eigenvalue weighted by atomic mass is 10.0. The van der Waals surface area contributed by atoms with Gasteiger partial charge in [0.25, 0.3) is 0 Å². The van der Waals surface area contributed by atoms with Crippen LogP contribution in [0.5, 0.6) is 0 Å². The van der Waals surface area contributed by atoms with E-state index in [1.165, 1.54) is 12.1 Å². The van der Waals surface area contributed by atoms with Crippen molar-refractivity contribution in [2.24, 2.45) is 0 Å². The molecule has 0 atom stereocenters. The number of rotatable bonds is 4. The van der Waals surface area contributed by atoms with Crippen molar-refractivity contribution in [3.05, 3.63) is 83.6 Å². The van der Waals surface area contributed by atoms with Crippen molar-refractivity contribution in [1.82, 2.24) is 25.1 Å². The minimum absolute atomic E-state index is 0.256. The molecule has 2 aromatic carbocycles. The van der Waals surface area contributed by atoms with Crippen LogP contribution in [0, 0.1) is 5.82 Å². The average molecular weight is 400 g/mol. The van der Waals surface area contributed by atoms with Crippen LogP contribution in [0.15, 0.2) is 60.9 Å². The Balaban J connectivity index is 1.34. The second-order valence-corrected chi connectivity index (χ2v) is 7.53. The van der Waals surface area contributed by atoms with E-state index in [-0.39, 0.29) is 5.82 Å². The number of aromatic nitrogens is 4. The number of hydrogen-bond donors (Lipinski definition) is 2. The van der Waals surface area contributed by atoms with Crippen molar-refractivity contribution < 1.29 is 4.39 Å². The number of nitrogen functional groups attached to an aromatic ring is 1. The van der Waals surface area contributed by atoms with Crippen LogP contribution in [-0.2, 0) is 19.5 Å². The molecule has 0 radical (unpaired) electrons. The monoisotopic (exact) mass is 400 g/mol. The third-order valence-corrected chi connectivity index (χ3v) is 5.41. The molecule has 6 nitrogen and oxygen atoms in total. The first-order valence-corrected chi connectivity index (χ1v) is 9.87. The van der Waals surface area contributed by atoms with Crippen LogP contribution in [0.3, 0.4) is 0 Å². The average Bonchev–Trinajstić information content (AvgIpc) is 3.22.